The predicted molar refractivity (Wildman–Crippen MR) is 100 cm³/mol. The molecule has 0 N–H and O–H groups in total. The number of imide groups is 1. The Labute approximate surface area is 168 Å². The van der Waals surface area contributed by atoms with Gasteiger partial charge in [-0.1, -0.05) is 58.5 Å². The first-order chi connectivity index (χ1) is 12.3. The molecule has 2 aromatic rings. The number of para-hydroxylation sites is 1. The summed E-state index contributed by atoms with van der Waals surface area (Å²) in [7, 11) is 0. The van der Waals surface area contributed by atoms with Crippen molar-refractivity contribution >= 4 is 69.9 Å². The lowest BCUT2D eigenvalue weighted by Crippen LogP contribution is -2.31. The summed E-state index contributed by atoms with van der Waals surface area (Å²) in [6.07, 6.45) is 0. The molecule has 0 saturated carbocycles. The monoisotopic (exact) mass is 431 g/mol. The van der Waals surface area contributed by atoms with Crippen LogP contribution >= 0.6 is 46.4 Å². The molecule has 1 aliphatic heterocycles. The molecule has 134 valence electrons. The van der Waals surface area contributed by atoms with E-state index in [2.05, 4.69) is 0 Å². The van der Waals surface area contributed by atoms with E-state index in [0.717, 1.165) is 4.90 Å². The minimum atomic E-state index is -0.757. The molecular formula is C17H9Cl4NO4. The summed E-state index contributed by atoms with van der Waals surface area (Å²) in [5.74, 6) is -2.19. The van der Waals surface area contributed by atoms with Gasteiger partial charge in [0, 0.05) is 0 Å². The molecular weight excluding hydrogens is 424 g/mol. The molecule has 1 heterocycles. The molecule has 0 fully saturated rings. The van der Waals surface area contributed by atoms with Gasteiger partial charge in [0.15, 0.2) is 0 Å². The lowest BCUT2D eigenvalue weighted by atomic mass is 10.1. The van der Waals surface area contributed by atoms with Crippen molar-refractivity contribution in [3.8, 4) is 0 Å². The van der Waals surface area contributed by atoms with Gasteiger partial charge in [-0.3, -0.25) is 9.59 Å². The van der Waals surface area contributed by atoms with Crippen molar-refractivity contribution in [2.45, 2.75) is 6.92 Å². The summed E-state index contributed by atoms with van der Waals surface area (Å²) in [6, 6.07) is 6.05. The van der Waals surface area contributed by atoms with Gasteiger partial charge >= 0.3 is 5.97 Å². The predicted octanol–water partition coefficient (Wildman–Crippen LogP) is 5.28. The van der Waals surface area contributed by atoms with Crippen LogP contribution in [0.1, 0.15) is 38.0 Å². The number of amides is 2. The van der Waals surface area contributed by atoms with Gasteiger partial charge < -0.3 is 4.74 Å². The number of anilines is 1. The Bertz CT molecular complexity index is 927. The van der Waals surface area contributed by atoms with E-state index in [1.165, 1.54) is 12.1 Å². The Morgan fingerprint density at radius 1 is 0.923 bits per heavy atom. The maximum atomic E-state index is 12.9. The van der Waals surface area contributed by atoms with E-state index in [1.54, 1.807) is 19.1 Å². The highest BCUT2D eigenvalue weighted by Crippen LogP contribution is 2.46. The van der Waals surface area contributed by atoms with E-state index in [0.29, 0.717) is 0 Å². The molecule has 26 heavy (non-hydrogen) atoms. The van der Waals surface area contributed by atoms with E-state index in [4.69, 9.17) is 51.1 Å². The first-order valence-corrected chi connectivity index (χ1v) is 8.83. The Balaban J connectivity index is 2.21. The van der Waals surface area contributed by atoms with Crippen molar-refractivity contribution in [2.75, 3.05) is 11.5 Å². The second-order valence-electron chi connectivity index (χ2n) is 5.19. The molecule has 0 aromatic heterocycles. The third-order valence-corrected chi connectivity index (χ3v) is 5.54. The largest absolute Gasteiger partial charge is 0.462 e. The number of rotatable bonds is 3. The molecule has 0 aliphatic carbocycles. The summed E-state index contributed by atoms with van der Waals surface area (Å²) >= 11 is 24.2. The van der Waals surface area contributed by atoms with Crippen molar-refractivity contribution < 1.29 is 19.1 Å². The van der Waals surface area contributed by atoms with Crippen LogP contribution in [0.5, 0.6) is 0 Å². The Kier molecular flexibility index (Phi) is 5.17. The van der Waals surface area contributed by atoms with Gasteiger partial charge in [-0.15, -0.1) is 0 Å². The van der Waals surface area contributed by atoms with Crippen LogP contribution in [-0.2, 0) is 4.74 Å². The van der Waals surface area contributed by atoms with Gasteiger partial charge in [0.25, 0.3) is 11.8 Å². The molecule has 0 radical (unpaired) electrons. The van der Waals surface area contributed by atoms with E-state index in [9.17, 15) is 14.4 Å². The van der Waals surface area contributed by atoms with E-state index < -0.39 is 17.8 Å². The molecule has 1 aliphatic rings. The average molecular weight is 433 g/mol. The van der Waals surface area contributed by atoms with E-state index in [1.807, 2.05) is 0 Å². The third-order valence-electron chi connectivity index (χ3n) is 3.74. The third kappa shape index (κ3) is 2.76. The number of halogens is 4. The Hall–Kier alpha value is -1.79. The van der Waals surface area contributed by atoms with Gasteiger partial charge in [0.05, 0.1) is 49.1 Å². The topological polar surface area (TPSA) is 63.7 Å². The molecule has 2 amide bonds. The zero-order chi connectivity index (χ0) is 19.2. The van der Waals surface area contributed by atoms with Crippen LogP contribution in [0.2, 0.25) is 20.1 Å². The fourth-order valence-electron chi connectivity index (χ4n) is 2.62. The number of esters is 1. The summed E-state index contributed by atoms with van der Waals surface area (Å²) in [4.78, 5) is 38.8. The first-order valence-electron chi connectivity index (χ1n) is 7.32. The molecule has 0 atom stereocenters. The SMILES string of the molecule is CCOC(=O)c1ccccc1N1C(=O)c2c(Cl)c(Cl)c(Cl)c(Cl)c2C1=O. The number of ether oxygens (including phenoxy) is 1. The lowest BCUT2D eigenvalue weighted by Gasteiger charge is -2.17. The number of hydrogen-bond donors (Lipinski definition) is 0. The van der Waals surface area contributed by atoms with E-state index >= 15 is 0 Å². The summed E-state index contributed by atoms with van der Waals surface area (Å²) in [6.45, 7) is 1.78. The number of nitrogens with zero attached hydrogens (tertiary/aromatic N) is 1. The zero-order valence-corrected chi connectivity index (χ0v) is 16.1. The van der Waals surface area contributed by atoms with Crippen LogP contribution in [-0.4, -0.2) is 24.4 Å². The number of hydrogen-bond acceptors (Lipinski definition) is 4. The number of fused-ring (bicyclic) bond motifs is 1. The maximum absolute atomic E-state index is 12.9. The molecule has 0 saturated heterocycles. The van der Waals surface area contributed by atoms with Crippen LogP contribution in [0.25, 0.3) is 0 Å². The Morgan fingerprint density at radius 2 is 1.42 bits per heavy atom. The average Bonchev–Trinajstić information content (AvgIpc) is 2.89. The fraction of sp³-hybridized carbons (Fsp3) is 0.118. The summed E-state index contributed by atoms with van der Waals surface area (Å²) in [5, 5.41) is -0.603. The highest BCUT2D eigenvalue weighted by atomic mass is 35.5. The quantitative estimate of drug-likeness (QED) is 0.286. The second-order valence-corrected chi connectivity index (χ2v) is 6.70. The minimum absolute atomic E-state index is 0.0493. The van der Waals surface area contributed by atoms with Crippen LogP contribution in [0.15, 0.2) is 24.3 Å². The van der Waals surface area contributed by atoms with Gasteiger partial charge in [0.1, 0.15) is 0 Å². The summed E-state index contributed by atoms with van der Waals surface area (Å²) < 4.78 is 4.98. The highest BCUT2D eigenvalue weighted by molar-refractivity contribution is 6.56. The van der Waals surface area contributed by atoms with Crippen molar-refractivity contribution in [1.82, 2.24) is 0 Å². The van der Waals surface area contributed by atoms with Gasteiger partial charge in [-0.05, 0) is 19.1 Å². The van der Waals surface area contributed by atoms with Gasteiger partial charge in [0.2, 0.25) is 0 Å². The van der Waals surface area contributed by atoms with E-state index in [-0.39, 0.29) is 49.1 Å². The van der Waals surface area contributed by atoms with Crippen LogP contribution < -0.4 is 4.90 Å². The summed E-state index contributed by atoms with van der Waals surface area (Å²) in [5.41, 5.74) is -0.214. The van der Waals surface area contributed by atoms with Crippen LogP contribution in [0.4, 0.5) is 5.69 Å². The van der Waals surface area contributed by atoms with Gasteiger partial charge in [-0.25, -0.2) is 9.69 Å². The van der Waals surface area contributed by atoms with Gasteiger partial charge in [-0.2, -0.15) is 0 Å². The molecule has 0 unspecified atom stereocenters. The van der Waals surface area contributed by atoms with Crippen LogP contribution in [0.3, 0.4) is 0 Å². The molecule has 0 spiro atoms. The highest BCUT2D eigenvalue weighted by Gasteiger charge is 2.43. The van der Waals surface area contributed by atoms with Crippen molar-refractivity contribution in [3.05, 3.63) is 61.0 Å². The minimum Gasteiger partial charge on any atom is -0.462 e. The lowest BCUT2D eigenvalue weighted by molar-refractivity contribution is 0.0527. The van der Waals surface area contributed by atoms with Crippen molar-refractivity contribution in [3.63, 3.8) is 0 Å². The molecule has 3 rings (SSSR count). The van der Waals surface area contributed by atoms with Crippen LogP contribution in [0, 0.1) is 0 Å². The van der Waals surface area contributed by atoms with Crippen molar-refractivity contribution in [2.24, 2.45) is 0 Å². The maximum Gasteiger partial charge on any atom is 0.340 e. The normalized spacial score (nSPS) is 13.2. The zero-order valence-electron chi connectivity index (χ0n) is 13.1. The smallest absolute Gasteiger partial charge is 0.340 e. The number of benzene rings is 2. The molecule has 5 nitrogen and oxygen atoms in total. The molecule has 2 aromatic carbocycles. The first kappa shape index (κ1) is 19.0. The standard InChI is InChI=1S/C17H9Cl4NO4/c1-2-26-17(25)7-5-3-4-6-8(7)22-15(23)9-10(16(22)24)12(19)14(21)13(20)11(9)18/h3-6H,2H2,1H3. The Morgan fingerprint density at radius 3 is 1.92 bits per heavy atom. The fourth-order valence-corrected chi connectivity index (χ4v) is 3.63. The van der Waals surface area contributed by atoms with Crippen molar-refractivity contribution in [1.29, 1.82) is 0 Å². The number of carbonyl (C=O) groups excluding carboxylic acids is 3. The molecule has 0 bridgehead atoms. The molecule has 9 heteroatoms. The second kappa shape index (κ2) is 7.08. The number of carbonyl (C=O) groups is 3.